The van der Waals surface area contributed by atoms with E-state index in [0.717, 1.165) is 10.9 Å². The fourth-order valence-electron chi connectivity index (χ4n) is 1.67. The summed E-state index contributed by atoms with van der Waals surface area (Å²) in [7, 11) is 0. The summed E-state index contributed by atoms with van der Waals surface area (Å²) in [5.74, 6) is 0.450. The predicted molar refractivity (Wildman–Crippen MR) is 55.2 cm³/mol. The largest absolute Gasteiger partial charge is 0.198 e. The SMILES string of the molecule is CC1(C#N)CC1c1ccc(Br)cc1. The zero-order valence-corrected chi connectivity index (χ0v) is 9.01. The summed E-state index contributed by atoms with van der Waals surface area (Å²) in [6, 6.07) is 10.6. The maximum absolute atomic E-state index is 8.89. The van der Waals surface area contributed by atoms with Gasteiger partial charge in [-0.2, -0.15) is 5.26 Å². The summed E-state index contributed by atoms with van der Waals surface area (Å²) >= 11 is 3.40. The van der Waals surface area contributed by atoms with Gasteiger partial charge in [0.2, 0.25) is 0 Å². The molecule has 0 bridgehead atoms. The Bertz CT molecular complexity index is 363. The van der Waals surface area contributed by atoms with E-state index >= 15 is 0 Å². The summed E-state index contributed by atoms with van der Waals surface area (Å²) in [4.78, 5) is 0. The topological polar surface area (TPSA) is 23.8 Å². The molecule has 0 radical (unpaired) electrons. The zero-order chi connectivity index (χ0) is 9.47. The second-order valence-corrected chi connectivity index (χ2v) is 4.75. The first-order valence-electron chi connectivity index (χ1n) is 4.32. The van der Waals surface area contributed by atoms with Gasteiger partial charge in [-0.25, -0.2) is 0 Å². The summed E-state index contributed by atoms with van der Waals surface area (Å²) < 4.78 is 1.09. The van der Waals surface area contributed by atoms with E-state index in [1.807, 2.05) is 19.1 Å². The molecule has 1 aliphatic carbocycles. The standard InChI is InChI=1S/C11H10BrN/c1-11(7-13)6-10(11)8-2-4-9(12)5-3-8/h2-5,10H,6H2,1H3. The number of benzene rings is 1. The van der Waals surface area contributed by atoms with Crippen LogP contribution in [0.25, 0.3) is 0 Å². The Hall–Kier alpha value is -0.810. The van der Waals surface area contributed by atoms with Crippen LogP contribution in [0.2, 0.25) is 0 Å². The lowest BCUT2D eigenvalue weighted by molar-refractivity contribution is 0.727. The number of halogens is 1. The molecule has 0 N–H and O–H groups in total. The number of hydrogen-bond acceptors (Lipinski definition) is 1. The van der Waals surface area contributed by atoms with E-state index in [4.69, 9.17) is 5.26 Å². The molecule has 1 aliphatic rings. The van der Waals surface area contributed by atoms with Crippen LogP contribution in [0.5, 0.6) is 0 Å². The monoisotopic (exact) mass is 235 g/mol. The first-order valence-corrected chi connectivity index (χ1v) is 5.12. The van der Waals surface area contributed by atoms with Gasteiger partial charge in [0.15, 0.2) is 0 Å². The summed E-state index contributed by atoms with van der Waals surface area (Å²) in [6.45, 7) is 2.03. The normalized spacial score (nSPS) is 31.0. The van der Waals surface area contributed by atoms with Crippen LogP contribution in [0, 0.1) is 16.7 Å². The molecule has 1 nitrogen and oxygen atoms in total. The van der Waals surface area contributed by atoms with Crippen molar-refractivity contribution in [3.63, 3.8) is 0 Å². The van der Waals surface area contributed by atoms with E-state index in [0.29, 0.717) is 5.92 Å². The molecule has 2 atom stereocenters. The molecule has 0 heterocycles. The van der Waals surface area contributed by atoms with Gasteiger partial charge in [0.1, 0.15) is 0 Å². The highest BCUT2D eigenvalue weighted by Crippen LogP contribution is 2.58. The molecule has 0 amide bonds. The van der Waals surface area contributed by atoms with Gasteiger partial charge in [-0.15, -0.1) is 0 Å². The van der Waals surface area contributed by atoms with Gasteiger partial charge in [-0.05, 0) is 31.0 Å². The quantitative estimate of drug-likeness (QED) is 0.732. The maximum atomic E-state index is 8.89. The second kappa shape index (κ2) is 2.85. The van der Waals surface area contributed by atoms with Crippen LogP contribution in [0.15, 0.2) is 28.7 Å². The van der Waals surface area contributed by atoms with Crippen LogP contribution in [0.4, 0.5) is 0 Å². The fraction of sp³-hybridized carbons (Fsp3) is 0.364. The van der Waals surface area contributed by atoms with Gasteiger partial charge in [0.05, 0.1) is 11.5 Å². The van der Waals surface area contributed by atoms with E-state index in [9.17, 15) is 0 Å². The number of rotatable bonds is 1. The Labute approximate surface area is 86.5 Å². The molecule has 0 aliphatic heterocycles. The lowest BCUT2D eigenvalue weighted by Crippen LogP contribution is -1.91. The molecule has 2 rings (SSSR count). The first-order chi connectivity index (χ1) is 6.15. The highest BCUT2D eigenvalue weighted by Gasteiger charge is 2.51. The van der Waals surface area contributed by atoms with Crippen molar-refractivity contribution in [3.05, 3.63) is 34.3 Å². The van der Waals surface area contributed by atoms with Crippen molar-refractivity contribution >= 4 is 15.9 Å². The Morgan fingerprint density at radius 1 is 1.46 bits per heavy atom. The third-order valence-corrected chi connectivity index (χ3v) is 3.29. The molecule has 1 aromatic carbocycles. The van der Waals surface area contributed by atoms with Crippen molar-refractivity contribution in [2.45, 2.75) is 19.3 Å². The van der Waals surface area contributed by atoms with Crippen molar-refractivity contribution in [1.29, 1.82) is 5.26 Å². The Kier molecular flexibility index (Phi) is 1.92. The van der Waals surface area contributed by atoms with E-state index < -0.39 is 0 Å². The van der Waals surface area contributed by atoms with Gasteiger partial charge in [0, 0.05) is 10.4 Å². The minimum Gasteiger partial charge on any atom is -0.198 e. The van der Waals surface area contributed by atoms with Crippen LogP contribution < -0.4 is 0 Å². The first kappa shape index (κ1) is 8.77. The molecule has 0 spiro atoms. The van der Waals surface area contributed by atoms with E-state index in [2.05, 4.69) is 34.1 Å². The van der Waals surface area contributed by atoms with Crippen LogP contribution in [0.1, 0.15) is 24.8 Å². The minimum atomic E-state index is -0.103. The molecule has 0 saturated heterocycles. The summed E-state index contributed by atoms with van der Waals surface area (Å²) in [5, 5.41) is 8.89. The second-order valence-electron chi connectivity index (χ2n) is 3.84. The third-order valence-electron chi connectivity index (χ3n) is 2.76. The maximum Gasteiger partial charge on any atom is 0.0693 e. The van der Waals surface area contributed by atoms with Crippen LogP contribution in [0.3, 0.4) is 0 Å². The number of hydrogen-bond donors (Lipinski definition) is 0. The van der Waals surface area contributed by atoms with Crippen molar-refractivity contribution in [1.82, 2.24) is 0 Å². The fourth-order valence-corrected chi connectivity index (χ4v) is 1.93. The highest BCUT2D eigenvalue weighted by molar-refractivity contribution is 9.10. The lowest BCUT2D eigenvalue weighted by atomic mass is 10.0. The molecule has 2 heteroatoms. The average molecular weight is 236 g/mol. The molecule has 66 valence electrons. The van der Waals surface area contributed by atoms with Crippen molar-refractivity contribution in [2.24, 2.45) is 5.41 Å². The highest BCUT2D eigenvalue weighted by atomic mass is 79.9. The van der Waals surface area contributed by atoms with E-state index in [1.54, 1.807) is 0 Å². The Morgan fingerprint density at radius 3 is 2.54 bits per heavy atom. The molecular formula is C11H10BrN. The third kappa shape index (κ3) is 1.49. The molecule has 1 aromatic rings. The summed E-state index contributed by atoms with van der Waals surface area (Å²) in [6.07, 6.45) is 1.01. The molecule has 0 aromatic heterocycles. The van der Waals surface area contributed by atoms with Crippen molar-refractivity contribution in [2.75, 3.05) is 0 Å². The smallest absolute Gasteiger partial charge is 0.0693 e. The Balaban J connectivity index is 2.22. The van der Waals surface area contributed by atoms with Gasteiger partial charge >= 0.3 is 0 Å². The molecular weight excluding hydrogens is 226 g/mol. The average Bonchev–Trinajstić information content (AvgIpc) is 2.81. The number of nitrogens with zero attached hydrogens (tertiary/aromatic N) is 1. The van der Waals surface area contributed by atoms with Crippen LogP contribution in [-0.4, -0.2) is 0 Å². The number of nitriles is 1. The molecule has 1 saturated carbocycles. The van der Waals surface area contributed by atoms with Gasteiger partial charge < -0.3 is 0 Å². The molecule has 1 fully saturated rings. The molecule has 13 heavy (non-hydrogen) atoms. The zero-order valence-electron chi connectivity index (χ0n) is 7.42. The van der Waals surface area contributed by atoms with Crippen molar-refractivity contribution in [3.8, 4) is 6.07 Å². The molecule has 2 unspecified atom stereocenters. The minimum absolute atomic E-state index is 0.103. The van der Waals surface area contributed by atoms with Crippen LogP contribution in [-0.2, 0) is 0 Å². The lowest BCUT2D eigenvalue weighted by Gasteiger charge is -2.01. The van der Waals surface area contributed by atoms with E-state index in [1.165, 1.54) is 5.56 Å². The van der Waals surface area contributed by atoms with Gasteiger partial charge in [-0.1, -0.05) is 28.1 Å². The van der Waals surface area contributed by atoms with Crippen molar-refractivity contribution < 1.29 is 0 Å². The van der Waals surface area contributed by atoms with Gasteiger partial charge in [-0.3, -0.25) is 0 Å². The van der Waals surface area contributed by atoms with Crippen LogP contribution >= 0.6 is 15.9 Å². The Morgan fingerprint density at radius 2 is 2.08 bits per heavy atom. The predicted octanol–water partition coefficient (Wildman–Crippen LogP) is 3.47. The van der Waals surface area contributed by atoms with E-state index in [-0.39, 0.29) is 5.41 Å². The van der Waals surface area contributed by atoms with Gasteiger partial charge in [0.25, 0.3) is 0 Å². The summed E-state index contributed by atoms with van der Waals surface area (Å²) in [5.41, 5.74) is 1.18.